The molecule has 0 aliphatic carbocycles. The molecule has 0 radical (unpaired) electrons. The van der Waals surface area contributed by atoms with Crippen molar-refractivity contribution in [3.8, 4) is 0 Å². The van der Waals surface area contributed by atoms with Crippen LogP contribution in [0.25, 0.3) is 0 Å². The van der Waals surface area contributed by atoms with Crippen LogP contribution in [0.4, 0.5) is 5.69 Å². The van der Waals surface area contributed by atoms with Crippen LogP contribution in [0.15, 0.2) is 48.5 Å². The third-order valence-electron chi connectivity index (χ3n) is 3.59. The van der Waals surface area contributed by atoms with E-state index in [1.54, 1.807) is 24.3 Å². The van der Waals surface area contributed by atoms with E-state index in [0.29, 0.717) is 22.8 Å². The molecule has 0 aliphatic heterocycles. The summed E-state index contributed by atoms with van der Waals surface area (Å²) in [7, 11) is 0. The maximum Gasteiger partial charge on any atom is 0.282 e. The van der Waals surface area contributed by atoms with Crippen molar-refractivity contribution >= 4 is 29.0 Å². The average molecular weight is 332 g/mol. The molecule has 0 heterocycles. The summed E-state index contributed by atoms with van der Waals surface area (Å²) in [5.74, 6) is -0.0675. The van der Waals surface area contributed by atoms with Gasteiger partial charge in [-0.05, 0) is 50.2 Å². The first kappa shape index (κ1) is 17.2. The van der Waals surface area contributed by atoms with Gasteiger partial charge in [0.25, 0.3) is 5.91 Å². The molecule has 0 fully saturated rings. The molecule has 5 heteroatoms. The van der Waals surface area contributed by atoms with Crippen LogP contribution in [0, 0.1) is 0 Å². The van der Waals surface area contributed by atoms with Crippen LogP contribution >= 0.6 is 11.6 Å². The maximum atomic E-state index is 12.2. The number of carbonyl (C=O) groups is 2. The van der Waals surface area contributed by atoms with Crippen molar-refractivity contribution in [3.63, 3.8) is 0 Å². The van der Waals surface area contributed by atoms with Gasteiger partial charge in [-0.3, -0.25) is 9.59 Å². The lowest BCUT2D eigenvalue weighted by Crippen LogP contribution is -2.90. The number of hydrogen-bond acceptors (Lipinski definition) is 2. The summed E-state index contributed by atoms with van der Waals surface area (Å²) in [5, 5.41) is 5.51. The number of anilines is 1. The van der Waals surface area contributed by atoms with E-state index in [0.717, 1.165) is 5.56 Å². The third kappa shape index (κ3) is 5.20. The van der Waals surface area contributed by atoms with E-state index >= 15 is 0 Å². The first-order valence-corrected chi connectivity index (χ1v) is 7.83. The fourth-order valence-corrected chi connectivity index (χ4v) is 2.21. The van der Waals surface area contributed by atoms with E-state index in [1.807, 2.05) is 36.5 Å². The molecule has 4 nitrogen and oxygen atoms in total. The fraction of sp³-hybridized carbons (Fsp3) is 0.222. The van der Waals surface area contributed by atoms with E-state index in [2.05, 4.69) is 5.32 Å². The SMILES string of the molecule is CC(=O)c1ccc(NC(=O)[C@@H](C)[NH2+]Cc2ccc(Cl)cc2)cc1. The fourth-order valence-electron chi connectivity index (χ4n) is 2.08. The van der Waals surface area contributed by atoms with Crippen LogP contribution in [0.1, 0.15) is 29.8 Å². The van der Waals surface area contributed by atoms with Gasteiger partial charge in [-0.1, -0.05) is 23.7 Å². The number of hydrogen-bond donors (Lipinski definition) is 2. The van der Waals surface area contributed by atoms with E-state index in [1.165, 1.54) is 6.92 Å². The second kappa shape index (κ2) is 7.90. The zero-order valence-corrected chi connectivity index (χ0v) is 13.9. The highest BCUT2D eigenvalue weighted by Gasteiger charge is 2.16. The van der Waals surface area contributed by atoms with E-state index in [-0.39, 0.29) is 17.7 Å². The topological polar surface area (TPSA) is 62.8 Å². The Morgan fingerprint density at radius 2 is 1.70 bits per heavy atom. The van der Waals surface area contributed by atoms with Gasteiger partial charge in [-0.25, -0.2) is 0 Å². The Kier molecular flexibility index (Phi) is 5.90. The van der Waals surface area contributed by atoms with Crippen LogP contribution in [0.5, 0.6) is 0 Å². The number of benzene rings is 2. The summed E-state index contributed by atoms with van der Waals surface area (Å²) in [4.78, 5) is 23.4. The minimum absolute atomic E-state index is 0.00698. The number of carbonyl (C=O) groups excluding carboxylic acids is 2. The smallest absolute Gasteiger partial charge is 0.282 e. The monoisotopic (exact) mass is 331 g/mol. The molecule has 0 saturated carbocycles. The largest absolute Gasteiger partial charge is 0.333 e. The number of rotatable bonds is 6. The lowest BCUT2D eigenvalue weighted by Gasteiger charge is -2.11. The van der Waals surface area contributed by atoms with E-state index in [9.17, 15) is 9.59 Å². The molecule has 0 aromatic heterocycles. The number of Topliss-reactive ketones (excluding diaryl/α,β-unsaturated/α-hetero) is 1. The van der Waals surface area contributed by atoms with Crippen LogP contribution in [-0.4, -0.2) is 17.7 Å². The Labute approximate surface area is 140 Å². The standard InChI is InChI=1S/C18H19ClN2O2/c1-12(20-11-14-3-7-16(19)8-4-14)18(23)21-17-9-5-15(6-10-17)13(2)22/h3-10,12,20H,11H2,1-2H3,(H,21,23)/p+1/t12-/m1/s1. The number of amides is 1. The molecule has 0 saturated heterocycles. The Hall–Kier alpha value is -2.17. The highest BCUT2D eigenvalue weighted by Crippen LogP contribution is 2.10. The summed E-state index contributed by atoms with van der Waals surface area (Å²) in [6, 6.07) is 14.2. The molecule has 120 valence electrons. The zero-order chi connectivity index (χ0) is 16.8. The van der Waals surface area contributed by atoms with E-state index < -0.39 is 0 Å². The summed E-state index contributed by atoms with van der Waals surface area (Å²) in [5.41, 5.74) is 2.43. The van der Waals surface area contributed by atoms with Gasteiger partial charge in [0.2, 0.25) is 0 Å². The molecule has 0 spiro atoms. The van der Waals surface area contributed by atoms with Gasteiger partial charge in [-0.2, -0.15) is 0 Å². The molecule has 1 amide bonds. The lowest BCUT2D eigenvalue weighted by molar-refractivity contribution is -0.688. The molecule has 3 N–H and O–H groups in total. The Bertz CT molecular complexity index is 681. The maximum absolute atomic E-state index is 12.2. The first-order chi connectivity index (χ1) is 11.0. The minimum Gasteiger partial charge on any atom is -0.333 e. The molecule has 23 heavy (non-hydrogen) atoms. The average Bonchev–Trinajstić information content (AvgIpc) is 2.54. The summed E-state index contributed by atoms with van der Waals surface area (Å²) >= 11 is 5.85. The van der Waals surface area contributed by atoms with Crippen molar-refractivity contribution in [2.75, 3.05) is 5.32 Å². The summed E-state index contributed by atoms with van der Waals surface area (Å²) in [6.07, 6.45) is 0. The van der Waals surface area contributed by atoms with Gasteiger partial charge in [0, 0.05) is 21.8 Å². The number of ketones is 1. The normalized spacial score (nSPS) is 11.8. The summed E-state index contributed by atoms with van der Waals surface area (Å²) in [6.45, 7) is 4.08. The molecule has 1 atom stereocenters. The van der Waals surface area contributed by atoms with Crippen molar-refractivity contribution in [3.05, 3.63) is 64.7 Å². The van der Waals surface area contributed by atoms with Gasteiger partial charge in [-0.15, -0.1) is 0 Å². The first-order valence-electron chi connectivity index (χ1n) is 7.45. The Morgan fingerprint density at radius 3 is 2.26 bits per heavy atom. The van der Waals surface area contributed by atoms with Crippen molar-refractivity contribution < 1.29 is 14.9 Å². The molecular weight excluding hydrogens is 312 g/mol. The predicted octanol–water partition coefficient (Wildman–Crippen LogP) is 2.63. The number of nitrogens with one attached hydrogen (secondary N) is 1. The summed E-state index contributed by atoms with van der Waals surface area (Å²) < 4.78 is 0. The Morgan fingerprint density at radius 1 is 1.09 bits per heavy atom. The zero-order valence-electron chi connectivity index (χ0n) is 13.2. The lowest BCUT2D eigenvalue weighted by atomic mass is 10.1. The van der Waals surface area contributed by atoms with Crippen LogP contribution in [0.2, 0.25) is 5.02 Å². The number of quaternary nitrogens is 1. The molecular formula is C18H20ClN2O2+. The molecule has 0 aliphatic rings. The minimum atomic E-state index is -0.224. The molecule has 2 aromatic carbocycles. The quantitative estimate of drug-likeness (QED) is 0.799. The van der Waals surface area contributed by atoms with Gasteiger partial charge >= 0.3 is 0 Å². The van der Waals surface area contributed by atoms with Crippen LogP contribution < -0.4 is 10.6 Å². The van der Waals surface area contributed by atoms with E-state index in [4.69, 9.17) is 11.6 Å². The molecule has 2 rings (SSSR count). The Balaban J connectivity index is 1.86. The van der Waals surface area contributed by atoms with Crippen molar-refractivity contribution in [2.24, 2.45) is 0 Å². The molecule has 0 unspecified atom stereocenters. The van der Waals surface area contributed by atoms with Crippen molar-refractivity contribution in [1.82, 2.24) is 0 Å². The van der Waals surface area contributed by atoms with Gasteiger partial charge < -0.3 is 10.6 Å². The van der Waals surface area contributed by atoms with Gasteiger partial charge in [0.05, 0.1) is 0 Å². The highest BCUT2D eigenvalue weighted by atomic mass is 35.5. The molecule has 2 aromatic rings. The van der Waals surface area contributed by atoms with Gasteiger partial charge in [0.15, 0.2) is 11.8 Å². The van der Waals surface area contributed by atoms with Crippen molar-refractivity contribution in [1.29, 1.82) is 0 Å². The second-order valence-electron chi connectivity index (χ2n) is 5.48. The predicted molar refractivity (Wildman–Crippen MR) is 91.6 cm³/mol. The third-order valence-corrected chi connectivity index (χ3v) is 3.84. The van der Waals surface area contributed by atoms with Crippen molar-refractivity contribution in [2.45, 2.75) is 26.4 Å². The second-order valence-corrected chi connectivity index (χ2v) is 5.91. The number of nitrogens with two attached hydrogens (primary N) is 1. The van der Waals surface area contributed by atoms with Gasteiger partial charge in [0.1, 0.15) is 6.54 Å². The van der Waals surface area contributed by atoms with Crippen LogP contribution in [0.3, 0.4) is 0 Å². The van der Waals surface area contributed by atoms with Crippen LogP contribution in [-0.2, 0) is 11.3 Å². The number of halogens is 1. The molecule has 0 bridgehead atoms. The highest BCUT2D eigenvalue weighted by molar-refractivity contribution is 6.30.